The van der Waals surface area contributed by atoms with Crippen LogP contribution in [0, 0.1) is 5.82 Å². The summed E-state index contributed by atoms with van der Waals surface area (Å²) in [6, 6.07) is 5.15. The first-order valence-electron chi connectivity index (χ1n) is 6.22. The van der Waals surface area contributed by atoms with E-state index < -0.39 is 17.3 Å². The third-order valence-electron chi connectivity index (χ3n) is 3.33. The van der Waals surface area contributed by atoms with Crippen molar-refractivity contribution >= 4 is 11.9 Å². The second-order valence-electron chi connectivity index (χ2n) is 4.52. The average molecular weight is 267 g/mol. The van der Waals surface area contributed by atoms with Crippen LogP contribution in [0.1, 0.15) is 43.5 Å². The Hall–Kier alpha value is -1.91. The first-order chi connectivity index (χ1) is 8.92. The Balaban J connectivity index is 2.87. The van der Waals surface area contributed by atoms with E-state index in [2.05, 4.69) is 5.32 Å². The van der Waals surface area contributed by atoms with Crippen molar-refractivity contribution in [2.24, 2.45) is 0 Å². The van der Waals surface area contributed by atoms with Gasteiger partial charge in [0.2, 0.25) is 0 Å². The highest BCUT2D eigenvalue weighted by Gasteiger charge is 2.31. The van der Waals surface area contributed by atoms with Crippen molar-refractivity contribution in [3.63, 3.8) is 0 Å². The van der Waals surface area contributed by atoms with Gasteiger partial charge in [-0.25, -0.2) is 4.39 Å². The van der Waals surface area contributed by atoms with Crippen LogP contribution in [-0.2, 0) is 4.79 Å². The first kappa shape index (κ1) is 15.1. The second kappa shape index (κ2) is 6.31. The van der Waals surface area contributed by atoms with E-state index in [1.807, 2.05) is 13.8 Å². The molecule has 19 heavy (non-hydrogen) atoms. The number of aliphatic carboxylic acids is 1. The maximum absolute atomic E-state index is 12.8. The number of rotatable bonds is 6. The molecule has 0 spiro atoms. The van der Waals surface area contributed by atoms with Crippen molar-refractivity contribution in [2.75, 3.05) is 0 Å². The van der Waals surface area contributed by atoms with Crippen LogP contribution >= 0.6 is 0 Å². The molecule has 1 aromatic rings. The zero-order valence-electron chi connectivity index (χ0n) is 11.1. The summed E-state index contributed by atoms with van der Waals surface area (Å²) in [4.78, 5) is 22.9. The summed E-state index contributed by atoms with van der Waals surface area (Å²) in [5, 5.41) is 11.7. The minimum absolute atomic E-state index is 0.132. The number of halogens is 1. The van der Waals surface area contributed by atoms with E-state index in [0.717, 1.165) is 0 Å². The summed E-state index contributed by atoms with van der Waals surface area (Å²) in [5.74, 6) is -1.76. The van der Waals surface area contributed by atoms with Crippen LogP contribution in [0.2, 0.25) is 0 Å². The van der Waals surface area contributed by atoms with Crippen molar-refractivity contribution < 1.29 is 19.1 Å². The molecule has 0 aliphatic rings. The number of carboxylic acid groups (broad SMARTS) is 1. The predicted molar refractivity (Wildman–Crippen MR) is 69.4 cm³/mol. The van der Waals surface area contributed by atoms with Crippen LogP contribution in [0.3, 0.4) is 0 Å². The number of amides is 1. The molecule has 0 atom stereocenters. The van der Waals surface area contributed by atoms with Gasteiger partial charge in [-0.3, -0.25) is 9.59 Å². The molecule has 2 N–H and O–H groups in total. The van der Waals surface area contributed by atoms with Gasteiger partial charge < -0.3 is 10.4 Å². The molecule has 0 aromatic heterocycles. The quantitative estimate of drug-likeness (QED) is 0.832. The minimum Gasteiger partial charge on any atom is -0.481 e. The highest BCUT2D eigenvalue weighted by atomic mass is 19.1. The lowest BCUT2D eigenvalue weighted by atomic mass is 9.88. The molecule has 0 saturated carbocycles. The number of carbonyl (C=O) groups excluding carboxylic acids is 1. The van der Waals surface area contributed by atoms with Crippen molar-refractivity contribution in [2.45, 2.75) is 38.6 Å². The van der Waals surface area contributed by atoms with Crippen LogP contribution in [0.15, 0.2) is 24.3 Å². The zero-order valence-corrected chi connectivity index (χ0v) is 11.1. The van der Waals surface area contributed by atoms with Gasteiger partial charge in [0.25, 0.3) is 5.91 Å². The van der Waals surface area contributed by atoms with Gasteiger partial charge in [0.05, 0.1) is 12.0 Å². The van der Waals surface area contributed by atoms with E-state index in [-0.39, 0.29) is 12.3 Å². The largest absolute Gasteiger partial charge is 0.481 e. The molecule has 0 aliphatic carbocycles. The molecule has 0 radical (unpaired) electrons. The van der Waals surface area contributed by atoms with E-state index in [1.165, 1.54) is 24.3 Å². The molecule has 0 fully saturated rings. The van der Waals surface area contributed by atoms with E-state index in [9.17, 15) is 14.0 Å². The van der Waals surface area contributed by atoms with Crippen LogP contribution in [-0.4, -0.2) is 22.5 Å². The molecular formula is C14H18FNO3. The van der Waals surface area contributed by atoms with Crippen LogP contribution in [0.25, 0.3) is 0 Å². The first-order valence-corrected chi connectivity index (χ1v) is 6.22. The van der Waals surface area contributed by atoms with Crippen molar-refractivity contribution in [3.8, 4) is 0 Å². The summed E-state index contributed by atoms with van der Waals surface area (Å²) in [7, 11) is 0. The molecule has 4 nitrogen and oxygen atoms in total. The second-order valence-corrected chi connectivity index (χ2v) is 4.52. The molecule has 0 unspecified atom stereocenters. The molecule has 0 heterocycles. The third-order valence-corrected chi connectivity index (χ3v) is 3.33. The molecule has 5 heteroatoms. The predicted octanol–water partition coefficient (Wildman–Crippen LogP) is 2.59. The number of nitrogens with one attached hydrogen (secondary N) is 1. The lowest BCUT2D eigenvalue weighted by Gasteiger charge is -2.31. The van der Waals surface area contributed by atoms with E-state index in [0.29, 0.717) is 18.4 Å². The van der Waals surface area contributed by atoms with Gasteiger partial charge in [-0.05, 0) is 37.1 Å². The molecule has 0 saturated heterocycles. The molecule has 1 aromatic carbocycles. The topological polar surface area (TPSA) is 66.4 Å². The normalized spacial score (nSPS) is 11.1. The average Bonchev–Trinajstić information content (AvgIpc) is 2.38. The fourth-order valence-corrected chi connectivity index (χ4v) is 1.92. The SMILES string of the molecule is CCC(CC)(CC(=O)O)NC(=O)c1ccc(F)cc1. The number of hydrogen-bond donors (Lipinski definition) is 2. The summed E-state index contributed by atoms with van der Waals surface area (Å²) in [6.45, 7) is 3.66. The van der Waals surface area contributed by atoms with Crippen LogP contribution in [0.4, 0.5) is 4.39 Å². The van der Waals surface area contributed by atoms with Crippen LogP contribution < -0.4 is 5.32 Å². The van der Waals surface area contributed by atoms with E-state index in [1.54, 1.807) is 0 Å². The Kier molecular flexibility index (Phi) is 5.03. The summed E-state index contributed by atoms with van der Waals surface area (Å²) in [6.07, 6.45) is 0.901. The van der Waals surface area contributed by atoms with Crippen LogP contribution in [0.5, 0.6) is 0 Å². The Morgan fingerprint density at radius 1 is 1.21 bits per heavy atom. The van der Waals surface area contributed by atoms with Gasteiger partial charge in [-0.1, -0.05) is 13.8 Å². The standard InChI is InChI=1S/C14H18FNO3/c1-3-14(4-2,9-12(17)18)16-13(19)10-5-7-11(15)8-6-10/h5-8H,3-4,9H2,1-2H3,(H,16,19)(H,17,18). The summed E-state index contributed by atoms with van der Waals surface area (Å²) >= 11 is 0. The number of carbonyl (C=O) groups is 2. The highest BCUT2D eigenvalue weighted by Crippen LogP contribution is 2.20. The fraction of sp³-hybridized carbons (Fsp3) is 0.429. The fourth-order valence-electron chi connectivity index (χ4n) is 1.92. The maximum Gasteiger partial charge on any atom is 0.305 e. The lowest BCUT2D eigenvalue weighted by molar-refractivity contribution is -0.138. The molecule has 104 valence electrons. The lowest BCUT2D eigenvalue weighted by Crippen LogP contribution is -2.49. The Labute approximate surface area is 111 Å². The number of benzene rings is 1. The summed E-state index contributed by atoms with van der Waals surface area (Å²) < 4.78 is 12.8. The molecule has 0 aliphatic heterocycles. The van der Waals surface area contributed by atoms with Gasteiger partial charge in [0.15, 0.2) is 0 Å². The molecule has 0 bridgehead atoms. The summed E-state index contributed by atoms with van der Waals surface area (Å²) in [5.41, 5.74) is -0.449. The Morgan fingerprint density at radius 3 is 2.16 bits per heavy atom. The number of carboxylic acids is 1. The Bertz CT molecular complexity index is 452. The van der Waals surface area contributed by atoms with E-state index >= 15 is 0 Å². The molecule has 1 rings (SSSR count). The van der Waals surface area contributed by atoms with Crippen molar-refractivity contribution in [3.05, 3.63) is 35.6 Å². The van der Waals surface area contributed by atoms with Gasteiger partial charge in [-0.2, -0.15) is 0 Å². The highest BCUT2D eigenvalue weighted by molar-refractivity contribution is 5.94. The molecule has 1 amide bonds. The smallest absolute Gasteiger partial charge is 0.305 e. The Morgan fingerprint density at radius 2 is 1.74 bits per heavy atom. The number of hydrogen-bond acceptors (Lipinski definition) is 2. The van der Waals surface area contributed by atoms with E-state index in [4.69, 9.17) is 5.11 Å². The zero-order chi connectivity index (χ0) is 14.5. The minimum atomic E-state index is -0.955. The van der Waals surface area contributed by atoms with Gasteiger partial charge >= 0.3 is 5.97 Å². The van der Waals surface area contributed by atoms with Gasteiger partial charge in [0.1, 0.15) is 5.82 Å². The maximum atomic E-state index is 12.8. The third kappa shape index (κ3) is 4.05. The van der Waals surface area contributed by atoms with Crippen molar-refractivity contribution in [1.82, 2.24) is 5.32 Å². The monoisotopic (exact) mass is 267 g/mol. The van der Waals surface area contributed by atoms with Gasteiger partial charge in [-0.15, -0.1) is 0 Å². The van der Waals surface area contributed by atoms with Gasteiger partial charge in [0, 0.05) is 5.56 Å². The molecular weight excluding hydrogens is 249 g/mol. The van der Waals surface area contributed by atoms with Crippen molar-refractivity contribution in [1.29, 1.82) is 0 Å².